The van der Waals surface area contributed by atoms with Gasteiger partial charge in [-0.25, -0.2) is 5.01 Å². The fraction of sp³-hybridized carbons (Fsp3) is 0.133. The van der Waals surface area contributed by atoms with Gasteiger partial charge in [-0.05, 0) is 12.1 Å². The van der Waals surface area contributed by atoms with E-state index in [2.05, 4.69) is 15.9 Å². The zero-order chi connectivity index (χ0) is 16.7. The van der Waals surface area contributed by atoms with Gasteiger partial charge in [-0.1, -0.05) is 0 Å². The number of carbonyl (C=O) groups excluding carboxylic acids is 2. The molecule has 0 unspecified atom stereocenters. The van der Waals surface area contributed by atoms with Gasteiger partial charge >= 0.3 is 0 Å². The number of pyridine rings is 1. The van der Waals surface area contributed by atoms with Crippen molar-refractivity contribution in [2.24, 2.45) is 0 Å². The van der Waals surface area contributed by atoms with Gasteiger partial charge in [0.1, 0.15) is 11.5 Å². The molecule has 23 heavy (non-hydrogen) atoms. The predicted octanol–water partition coefficient (Wildman–Crippen LogP) is 0.911. The maximum atomic E-state index is 11.9. The maximum Gasteiger partial charge on any atom is 0.266 e. The van der Waals surface area contributed by atoms with Gasteiger partial charge in [-0.3, -0.25) is 20.0 Å². The van der Waals surface area contributed by atoms with Crippen LogP contribution in [0.15, 0.2) is 42.7 Å². The van der Waals surface area contributed by atoms with E-state index in [0.717, 1.165) is 5.01 Å². The topological polar surface area (TPSA) is 92.8 Å². The number of nitrogens with one attached hydrogen (secondary N) is 2. The number of ether oxygens (including phenoxy) is 2. The van der Waals surface area contributed by atoms with Crippen LogP contribution in [0.1, 0.15) is 10.4 Å². The number of methoxy groups -OCH3 is 2. The van der Waals surface area contributed by atoms with Crippen LogP contribution in [0.5, 0.6) is 11.5 Å². The van der Waals surface area contributed by atoms with Crippen molar-refractivity contribution in [3.63, 3.8) is 0 Å². The standard InChI is InChI=1S/C15H16N4O4/c1-22-13-7-12(8-14(9-13)23-2)19(10-20)18-17-15(21)11-3-5-16-6-4-11/h3-10,18H,1-2H3,(H,17,21). The van der Waals surface area contributed by atoms with Gasteiger partial charge in [0.15, 0.2) is 0 Å². The molecular formula is C15H16N4O4. The molecule has 2 N–H and O–H groups in total. The zero-order valence-electron chi connectivity index (χ0n) is 12.6. The molecule has 1 heterocycles. The minimum absolute atomic E-state index is 0.404. The third kappa shape index (κ3) is 4.17. The molecule has 0 bridgehead atoms. The lowest BCUT2D eigenvalue weighted by atomic mass is 10.2. The van der Waals surface area contributed by atoms with Crippen LogP contribution in [0.25, 0.3) is 0 Å². The number of hydrogen-bond acceptors (Lipinski definition) is 6. The van der Waals surface area contributed by atoms with Gasteiger partial charge in [0, 0.05) is 36.2 Å². The molecule has 0 saturated heterocycles. The van der Waals surface area contributed by atoms with E-state index in [1.807, 2.05) is 0 Å². The summed E-state index contributed by atoms with van der Waals surface area (Å²) in [6.07, 6.45) is 3.51. The minimum atomic E-state index is -0.408. The first-order valence-electron chi connectivity index (χ1n) is 6.61. The number of anilines is 1. The largest absolute Gasteiger partial charge is 0.497 e. The van der Waals surface area contributed by atoms with Crippen molar-refractivity contribution >= 4 is 18.0 Å². The summed E-state index contributed by atoms with van der Waals surface area (Å²) >= 11 is 0. The Kier molecular flexibility index (Phi) is 5.48. The summed E-state index contributed by atoms with van der Waals surface area (Å²) in [5.41, 5.74) is 5.78. The molecule has 0 aliphatic rings. The Balaban J connectivity index is 2.11. The van der Waals surface area contributed by atoms with Gasteiger partial charge in [-0.2, -0.15) is 0 Å². The van der Waals surface area contributed by atoms with Crippen LogP contribution in [-0.4, -0.2) is 31.5 Å². The summed E-state index contributed by atoms with van der Waals surface area (Å²) < 4.78 is 10.3. The lowest BCUT2D eigenvalue weighted by molar-refractivity contribution is -0.108. The molecule has 1 aromatic carbocycles. The third-order valence-electron chi connectivity index (χ3n) is 2.95. The van der Waals surface area contributed by atoms with E-state index in [9.17, 15) is 9.59 Å². The highest BCUT2D eigenvalue weighted by molar-refractivity contribution is 5.94. The normalized spacial score (nSPS) is 9.83. The predicted molar refractivity (Wildman–Crippen MR) is 82.9 cm³/mol. The highest BCUT2D eigenvalue weighted by atomic mass is 16.5. The van der Waals surface area contributed by atoms with Crippen molar-refractivity contribution in [2.75, 3.05) is 19.2 Å². The summed E-state index contributed by atoms with van der Waals surface area (Å²) in [6.45, 7) is 0. The molecule has 2 aromatic rings. The molecule has 0 atom stereocenters. The van der Waals surface area contributed by atoms with Gasteiger partial charge in [0.25, 0.3) is 5.91 Å². The van der Waals surface area contributed by atoms with Crippen molar-refractivity contribution in [2.45, 2.75) is 0 Å². The number of amides is 2. The molecule has 0 aliphatic carbocycles. The van der Waals surface area contributed by atoms with Crippen molar-refractivity contribution < 1.29 is 19.1 Å². The van der Waals surface area contributed by atoms with E-state index in [-0.39, 0.29) is 0 Å². The number of hydrazine groups is 2. The molecule has 0 spiro atoms. The Morgan fingerprint density at radius 2 is 1.74 bits per heavy atom. The second-order valence-corrected chi connectivity index (χ2v) is 4.35. The Labute approximate surface area is 133 Å². The van der Waals surface area contributed by atoms with E-state index >= 15 is 0 Å². The van der Waals surface area contributed by atoms with Crippen LogP contribution in [0, 0.1) is 0 Å². The monoisotopic (exact) mass is 316 g/mol. The smallest absolute Gasteiger partial charge is 0.266 e. The number of hydrogen-bond donors (Lipinski definition) is 2. The lowest BCUT2D eigenvalue weighted by Gasteiger charge is -2.20. The first-order valence-corrected chi connectivity index (χ1v) is 6.61. The number of carbonyl (C=O) groups is 2. The summed E-state index contributed by atoms with van der Waals surface area (Å²) in [4.78, 5) is 27.1. The second-order valence-electron chi connectivity index (χ2n) is 4.35. The zero-order valence-corrected chi connectivity index (χ0v) is 12.6. The number of benzene rings is 1. The second kappa shape index (κ2) is 7.76. The summed E-state index contributed by atoms with van der Waals surface area (Å²) in [5.74, 6) is 0.607. The van der Waals surface area contributed by atoms with Crippen LogP contribution in [0.3, 0.4) is 0 Å². The van der Waals surface area contributed by atoms with Gasteiger partial charge in [0.2, 0.25) is 6.41 Å². The van der Waals surface area contributed by atoms with Gasteiger partial charge in [0.05, 0.1) is 19.9 Å². The average Bonchev–Trinajstić information content (AvgIpc) is 2.62. The first-order chi connectivity index (χ1) is 11.2. The third-order valence-corrected chi connectivity index (χ3v) is 2.95. The van der Waals surface area contributed by atoms with Crippen LogP contribution in [-0.2, 0) is 4.79 Å². The van der Waals surface area contributed by atoms with Gasteiger partial charge < -0.3 is 9.47 Å². The summed E-state index contributed by atoms with van der Waals surface area (Å²) in [6, 6.07) is 8.00. The molecular weight excluding hydrogens is 300 g/mol. The SMILES string of the molecule is COc1cc(OC)cc(N(C=O)NNC(=O)c2ccncc2)c1. The molecule has 8 nitrogen and oxygen atoms in total. The molecule has 2 amide bonds. The first kappa shape index (κ1) is 16.2. The molecule has 0 radical (unpaired) electrons. The molecule has 0 fully saturated rings. The van der Waals surface area contributed by atoms with E-state index in [1.165, 1.54) is 26.6 Å². The maximum absolute atomic E-state index is 11.9. The van der Waals surface area contributed by atoms with Crippen LogP contribution in [0.4, 0.5) is 5.69 Å². The highest BCUT2D eigenvalue weighted by Crippen LogP contribution is 2.27. The lowest BCUT2D eigenvalue weighted by Crippen LogP contribution is -2.49. The quantitative estimate of drug-likeness (QED) is 0.583. The summed E-state index contributed by atoms with van der Waals surface area (Å²) in [5, 5.41) is 1.09. The number of nitrogens with zero attached hydrogens (tertiary/aromatic N) is 2. The van der Waals surface area contributed by atoms with Crippen LogP contribution < -0.4 is 25.4 Å². The highest BCUT2D eigenvalue weighted by Gasteiger charge is 2.11. The minimum Gasteiger partial charge on any atom is -0.497 e. The average molecular weight is 316 g/mol. The Bertz CT molecular complexity index is 656. The summed E-state index contributed by atoms with van der Waals surface area (Å²) in [7, 11) is 3.00. The van der Waals surface area contributed by atoms with Gasteiger partial charge in [-0.15, -0.1) is 5.53 Å². The van der Waals surface area contributed by atoms with E-state index in [4.69, 9.17) is 9.47 Å². The van der Waals surface area contributed by atoms with Crippen molar-refractivity contribution in [3.05, 3.63) is 48.3 Å². The van der Waals surface area contributed by atoms with Crippen molar-refractivity contribution in [1.82, 2.24) is 15.9 Å². The fourth-order valence-electron chi connectivity index (χ4n) is 1.77. The van der Waals surface area contributed by atoms with Crippen LogP contribution >= 0.6 is 0 Å². The van der Waals surface area contributed by atoms with E-state index < -0.39 is 5.91 Å². The molecule has 1 aromatic heterocycles. The molecule has 8 heteroatoms. The molecule has 120 valence electrons. The Morgan fingerprint density at radius 1 is 1.13 bits per heavy atom. The van der Waals surface area contributed by atoms with E-state index in [1.54, 1.807) is 30.3 Å². The molecule has 0 aliphatic heterocycles. The van der Waals surface area contributed by atoms with Crippen molar-refractivity contribution in [3.8, 4) is 11.5 Å². The Hall–Kier alpha value is -3.13. The number of aromatic nitrogens is 1. The molecule has 0 saturated carbocycles. The van der Waals surface area contributed by atoms with E-state index in [0.29, 0.717) is 29.2 Å². The number of rotatable bonds is 7. The van der Waals surface area contributed by atoms with Crippen LogP contribution in [0.2, 0.25) is 0 Å². The van der Waals surface area contributed by atoms with Crippen molar-refractivity contribution in [1.29, 1.82) is 0 Å². The Morgan fingerprint density at radius 3 is 2.26 bits per heavy atom. The molecule has 2 rings (SSSR count). The fourth-order valence-corrected chi connectivity index (χ4v) is 1.77.